The van der Waals surface area contributed by atoms with Gasteiger partial charge in [0.05, 0.1) is 11.1 Å². The third-order valence-corrected chi connectivity index (χ3v) is 3.61. The molecule has 1 heterocycles. The van der Waals surface area contributed by atoms with Gasteiger partial charge in [0.1, 0.15) is 0 Å². The van der Waals surface area contributed by atoms with Crippen LogP contribution in [0.2, 0.25) is 5.02 Å². The zero-order chi connectivity index (χ0) is 18.2. The van der Waals surface area contributed by atoms with Gasteiger partial charge in [-0.25, -0.2) is 4.79 Å². The van der Waals surface area contributed by atoms with Gasteiger partial charge in [-0.1, -0.05) is 17.7 Å². The van der Waals surface area contributed by atoms with Crippen LogP contribution in [0.25, 0.3) is 0 Å². The Kier molecular flexibility index (Phi) is 6.53. The molecule has 0 aliphatic heterocycles. The predicted molar refractivity (Wildman–Crippen MR) is 95.1 cm³/mol. The number of nitrogens with one attached hydrogen (secondary N) is 2. The standard InChI is InChI=1S/C16H17ClN4O4/c17-12-4-3-5-13(10-12)19-16(23)18-8-1-2-9-20-11-14(21(24)25)6-7-15(20)22/h3-7,10-11H,1-2,8-9H2,(H2,18,19,23). The van der Waals surface area contributed by atoms with Crippen molar-refractivity contribution < 1.29 is 9.72 Å². The van der Waals surface area contributed by atoms with Gasteiger partial charge in [-0.05, 0) is 31.0 Å². The summed E-state index contributed by atoms with van der Waals surface area (Å²) in [5.41, 5.74) is 0.170. The second-order valence-electron chi connectivity index (χ2n) is 5.27. The molecule has 1 aromatic carbocycles. The average molecular weight is 365 g/mol. The van der Waals surface area contributed by atoms with Gasteiger partial charge in [0.15, 0.2) is 0 Å². The highest BCUT2D eigenvalue weighted by atomic mass is 35.5. The molecule has 0 bridgehead atoms. The van der Waals surface area contributed by atoms with Crippen molar-refractivity contribution in [2.75, 3.05) is 11.9 Å². The maximum absolute atomic E-state index is 11.7. The van der Waals surface area contributed by atoms with Crippen LogP contribution in [-0.2, 0) is 6.54 Å². The summed E-state index contributed by atoms with van der Waals surface area (Å²) in [6, 6.07) is 8.80. The lowest BCUT2D eigenvalue weighted by atomic mass is 10.3. The van der Waals surface area contributed by atoms with Gasteiger partial charge in [-0.15, -0.1) is 0 Å². The van der Waals surface area contributed by atoms with Crippen molar-refractivity contribution in [3.8, 4) is 0 Å². The first-order valence-electron chi connectivity index (χ1n) is 7.61. The summed E-state index contributed by atoms with van der Waals surface area (Å²) in [7, 11) is 0. The van der Waals surface area contributed by atoms with Crippen LogP contribution in [0.3, 0.4) is 0 Å². The molecule has 0 fully saturated rings. The largest absolute Gasteiger partial charge is 0.338 e. The number of hydrogen-bond donors (Lipinski definition) is 2. The van der Waals surface area contributed by atoms with Gasteiger partial charge in [-0.3, -0.25) is 14.9 Å². The first-order chi connectivity index (χ1) is 12.0. The number of halogens is 1. The number of rotatable bonds is 7. The summed E-state index contributed by atoms with van der Waals surface area (Å²) in [4.78, 5) is 33.6. The van der Waals surface area contributed by atoms with Crippen molar-refractivity contribution >= 4 is 29.0 Å². The number of urea groups is 1. The Hall–Kier alpha value is -2.87. The van der Waals surface area contributed by atoms with E-state index >= 15 is 0 Å². The van der Waals surface area contributed by atoms with E-state index in [1.807, 2.05) is 0 Å². The summed E-state index contributed by atoms with van der Waals surface area (Å²) in [6.07, 6.45) is 2.44. The number of carbonyl (C=O) groups excluding carboxylic acids is 1. The maximum Gasteiger partial charge on any atom is 0.319 e. The van der Waals surface area contributed by atoms with Crippen molar-refractivity contribution in [1.29, 1.82) is 0 Å². The summed E-state index contributed by atoms with van der Waals surface area (Å²) < 4.78 is 1.30. The topological polar surface area (TPSA) is 106 Å². The van der Waals surface area contributed by atoms with Crippen LogP contribution in [0, 0.1) is 10.1 Å². The molecule has 8 nitrogen and oxygen atoms in total. The van der Waals surface area contributed by atoms with E-state index in [9.17, 15) is 19.7 Å². The van der Waals surface area contributed by atoms with E-state index in [-0.39, 0.29) is 17.3 Å². The highest BCUT2D eigenvalue weighted by molar-refractivity contribution is 6.30. The summed E-state index contributed by atoms with van der Waals surface area (Å²) in [6.45, 7) is 0.758. The van der Waals surface area contributed by atoms with Crippen molar-refractivity contribution in [1.82, 2.24) is 9.88 Å². The monoisotopic (exact) mass is 364 g/mol. The number of benzene rings is 1. The highest BCUT2D eigenvalue weighted by Gasteiger charge is 2.07. The summed E-state index contributed by atoms with van der Waals surface area (Å²) in [5, 5.41) is 16.6. The Labute approximate surface area is 148 Å². The maximum atomic E-state index is 11.7. The number of nitrogens with zero attached hydrogens (tertiary/aromatic N) is 2. The van der Waals surface area contributed by atoms with E-state index in [1.54, 1.807) is 24.3 Å². The minimum Gasteiger partial charge on any atom is -0.338 e. The molecule has 0 aliphatic carbocycles. The number of unbranched alkanes of at least 4 members (excludes halogenated alkanes) is 1. The molecule has 2 rings (SSSR count). The molecule has 0 spiro atoms. The third kappa shape index (κ3) is 5.92. The molecule has 0 saturated carbocycles. The third-order valence-electron chi connectivity index (χ3n) is 3.37. The molecule has 2 N–H and O–H groups in total. The van der Waals surface area contributed by atoms with Gasteiger partial charge in [-0.2, -0.15) is 0 Å². The number of anilines is 1. The number of nitro groups is 1. The first kappa shape index (κ1) is 18.5. The number of amides is 2. The Balaban J connectivity index is 1.73. The van der Waals surface area contributed by atoms with Gasteiger partial charge in [0, 0.05) is 35.9 Å². The van der Waals surface area contributed by atoms with E-state index in [0.29, 0.717) is 36.6 Å². The molecule has 1 aromatic heterocycles. The summed E-state index contributed by atoms with van der Waals surface area (Å²) in [5.74, 6) is 0. The predicted octanol–water partition coefficient (Wildman–Crippen LogP) is 3.01. The van der Waals surface area contributed by atoms with Gasteiger partial charge in [0.2, 0.25) is 0 Å². The zero-order valence-electron chi connectivity index (χ0n) is 13.3. The Morgan fingerprint density at radius 3 is 2.76 bits per heavy atom. The molecule has 0 aliphatic rings. The number of carbonyl (C=O) groups is 1. The molecular formula is C16H17ClN4O4. The number of pyridine rings is 1. The van der Waals surface area contributed by atoms with Crippen molar-refractivity contribution in [2.45, 2.75) is 19.4 Å². The SMILES string of the molecule is O=C(NCCCCn1cc([N+](=O)[O-])ccc1=O)Nc1cccc(Cl)c1. The van der Waals surface area contributed by atoms with E-state index in [1.165, 1.54) is 22.9 Å². The van der Waals surface area contributed by atoms with Gasteiger partial charge >= 0.3 is 6.03 Å². The Morgan fingerprint density at radius 1 is 1.24 bits per heavy atom. The molecule has 0 radical (unpaired) electrons. The molecule has 132 valence electrons. The van der Waals surface area contributed by atoms with Crippen LogP contribution >= 0.6 is 11.6 Å². The van der Waals surface area contributed by atoms with Crippen molar-refractivity contribution in [2.24, 2.45) is 0 Å². The fraction of sp³-hybridized carbons (Fsp3) is 0.250. The van der Waals surface area contributed by atoms with Crippen LogP contribution in [-0.4, -0.2) is 22.1 Å². The van der Waals surface area contributed by atoms with Crippen molar-refractivity contribution in [3.05, 3.63) is 68.1 Å². The van der Waals surface area contributed by atoms with Crippen LogP contribution in [0.5, 0.6) is 0 Å². The normalized spacial score (nSPS) is 10.3. The Bertz CT molecular complexity index is 822. The summed E-state index contributed by atoms with van der Waals surface area (Å²) >= 11 is 5.83. The van der Waals surface area contributed by atoms with Crippen LogP contribution in [0.4, 0.5) is 16.2 Å². The average Bonchev–Trinajstić information content (AvgIpc) is 2.55. The fourth-order valence-electron chi connectivity index (χ4n) is 2.15. The molecule has 0 atom stereocenters. The quantitative estimate of drug-likeness (QED) is 0.447. The second-order valence-corrected chi connectivity index (χ2v) is 5.71. The Morgan fingerprint density at radius 2 is 2.04 bits per heavy atom. The van der Waals surface area contributed by atoms with Crippen LogP contribution < -0.4 is 16.2 Å². The number of hydrogen-bond acceptors (Lipinski definition) is 4. The molecule has 0 unspecified atom stereocenters. The minimum atomic E-state index is -0.544. The van der Waals surface area contributed by atoms with Gasteiger partial charge < -0.3 is 15.2 Å². The molecular weight excluding hydrogens is 348 g/mol. The smallest absolute Gasteiger partial charge is 0.319 e. The molecule has 0 saturated heterocycles. The molecule has 9 heteroatoms. The molecule has 2 amide bonds. The lowest BCUT2D eigenvalue weighted by molar-refractivity contribution is -0.385. The van der Waals surface area contributed by atoms with E-state index < -0.39 is 4.92 Å². The van der Waals surface area contributed by atoms with Crippen molar-refractivity contribution in [3.63, 3.8) is 0 Å². The van der Waals surface area contributed by atoms with E-state index in [0.717, 1.165) is 0 Å². The number of aryl methyl sites for hydroxylation is 1. The van der Waals surface area contributed by atoms with Gasteiger partial charge in [0.25, 0.3) is 11.2 Å². The molecule has 2 aromatic rings. The highest BCUT2D eigenvalue weighted by Crippen LogP contribution is 2.14. The minimum absolute atomic E-state index is 0.126. The fourth-order valence-corrected chi connectivity index (χ4v) is 2.34. The van der Waals surface area contributed by atoms with E-state index in [2.05, 4.69) is 10.6 Å². The lowest BCUT2D eigenvalue weighted by Gasteiger charge is -2.08. The van der Waals surface area contributed by atoms with Crippen LogP contribution in [0.15, 0.2) is 47.4 Å². The zero-order valence-corrected chi connectivity index (χ0v) is 14.0. The molecule has 25 heavy (non-hydrogen) atoms. The first-order valence-corrected chi connectivity index (χ1v) is 7.99. The number of aromatic nitrogens is 1. The lowest BCUT2D eigenvalue weighted by Crippen LogP contribution is -2.29. The second kappa shape index (κ2) is 8.84. The van der Waals surface area contributed by atoms with E-state index in [4.69, 9.17) is 11.6 Å². The van der Waals surface area contributed by atoms with Crippen LogP contribution in [0.1, 0.15) is 12.8 Å².